The van der Waals surface area contributed by atoms with Crippen molar-refractivity contribution < 1.29 is 24.2 Å². The molecule has 6 nitrogen and oxygen atoms in total. The van der Waals surface area contributed by atoms with Crippen molar-refractivity contribution in [2.24, 2.45) is 0 Å². The average Bonchev–Trinajstić information content (AvgIpc) is 2.36. The third-order valence-electron chi connectivity index (χ3n) is 2.78. The van der Waals surface area contributed by atoms with Crippen molar-refractivity contribution >= 4 is 11.9 Å². The van der Waals surface area contributed by atoms with E-state index < -0.39 is 5.97 Å². The maximum Gasteiger partial charge on any atom is 0.323 e. The molecule has 0 aromatic heterocycles. The Morgan fingerprint density at radius 2 is 2.06 bits per heavy atom. The van der Waals surface area contributed by atoms with E-state index in [0.717, 1.165) is 19.3 Å². The lowest BCUT2D eigenvalue weighted by Crippen LogP contribution is -2.39. The molecule has 0 atom stereocenters. The van der Waals surface area contributed by atoms with Crippen LogP contribution in [0.15, 0.2) is 0 Å². The molecule has 104 valence electrons. The molecule has 0 spiro atoms. The van der Waals surface area contributed by atoms with E-state index in [9.17, 15) is 9.59 Å². The largest absolute Gasteiger partial charge is 0.480 e. The second kappa shape index (κ2) is 8.05. The van der Waals surface area contributed by atoms with E-state index in [1.807, 2.05) is 6.92 Å². The number of carbonyl (C=O) groups is 2. The topological polar surface area (TPSA) is 76.1 Å². The molecule has 1 heterocycles. The molecule has 1 aliphatic rings. The predicted molar refractivity (Wildman–Crippen MR) is 64.3 cm³/mol. The van der Waals surface area contributed by atoms with Gasteiger partial charge >= 0.3 is 5.97 Å². The number of amides is 1. The minimum Gasteiger partial charge on any atom is -0.480 e. The van der Waals surface area contributed by atoms with E-state index in [1.54, 1.807) is 0 Å². The Kier molecular flexibility index (Phi) is 6.67. The minimum atomic E-state index is -0.997. The van der Waals surface area contributed by atoms with Gasteiger partial charge in [-0.1, -0.05) is 6.92 Å². The molecule has 1 aliphatic heterocycles. The number of carbonyl (C=O) groups excluding carboxylic acids is 1. The number of hydrogen-bond donors (Lipinski definition) is 1. The van der Waals surface area contributed by atoms with Crippen LogP contribution in [0.1, 0.15) is 26.2 Å². The smallest absolute Gasteiger partial charge is 0.323 e. The van der Waals surface area contributed by atoms with Crippen molar-refractivity contribution in [3.05, 3.63) is 0 Å². The van der Waals surface area contributed by atoms with Crippen LogP contribution in [-0.2, 0) is 19.1 Å². The van der Waals surface area contributed by atoms with Crippen LogP contribution in [0, 0.1) is 0 Å². The Morgan fingerprint density at radius 1 is 1.39 bits per heavy atom. The first-order valence-electron chi connectivity index (χ1n) is 6.32. The number of hydrogen-bond acceptors (Lipinski definition) is 4. The molecule has 1 amide bonds. The summed E-state index contributed by atoms with van der Waals surface area (Å²) < 4.78 is 10.7. The van der Waals surface area contributed by atoms with Gasteiger partial charge < -0.3 is 19.5 Å². The van der Waals surface area contributed by atoms with E-state index >= 15 is 0 Å². The second-order valence-corrected chi connectivity index (χ2v) is 4.33. The number of nitrogens with zero attached hydrogens (tertiary/aromatic N) is 1. The Bertz CT molecular complexity index is 276. The van der Waals surface area contributed by atoms with E-state index in [1.165, 1.54) is 4.90 Å². The Balaban J connectivity index is 2.32. The molecular formula is C12H21NO5. The molecule has 0 aromatic carbocycles. The van der Waals surface area contributed by atoms with Gasteiger partial charge in [0, 0.05) is 19.8 Å². The Morgan fingerprint density at radius 3 is 2.61 bits per heavy atom. The van der Waals surface area contributed by atoms with Crippen LogP contribution < -0.4 is 0 Å². The highest BCUT2D eigenvalue weighted by atomic mass is 16.5. The van der Waals surface area contributed by atoms with Crippen LogP contribution in [0.4, 0.5) is 0 Å². The van der Waals surface area contributed by atoms with Crippen LogP contribution >= 0.6 is 0 Å². The van der Waals surface area contributed by atoms with Crippen molar-refractivity contribution in [1.82, 2.24) is 4.90 Å². The van der Waals surface area contributed by atoms with E-state index in [0.29, 0.717) is 19.8 Å². The number of ether oxygens (including phenoxy) is 2. The van der Waals surface area contributed by atoms with Gasteiger partial charge in [0.15, 0.2) is 0 Å². The third kappa shape index (κ3) is 5.46. The van der Waals surface area contributed by atoms with Gasteiger partial charge in [-0.25, -0.2) is 0 Å². The van der Waals surface area contributed by atoms with Gasteiger partial charge in [0.1, 0.15) is 13.2 Å². The monoisotopic (exact) mass is 259 g/mol. The highest BCUT2D eigenvalue weighted by molar-refractivity contribution is 5.82. The summed E-state index contributed by atoms with van der Waals surface area (Å²) >= 11 is 0. The summed E-state index contributed by atoms with van der Waals surface area (Å²) in [5.41, 5.74) is 0. The first-order valence-corrected chi connectivity index (χ1v) is 6.32. The zero-order valence-electron chi connectivity index (χ0n) is 10.8. The van der Waals surface area contributed by atoms with Gasteiger partial charge in [-0.05, 0) is 19.3 Å². The summed E-state index contributed by atoms with van der Waals surface area (Å²) in [6, 6.07) is 0. The first-order chi connectivity index (χ1) is 8.63. The Hall–Kier alpha value is -1.14. The molecule has 0 aromatic rings. The predicted octanol–water partition coefficient (Wildman–Crippen LogP) is 0.505. The molecule has 18 heavy (non-hydrogen) atoms. The lowest BCUT2D eigenvalue weighted by molar-refractivity contribution is -0.148. The van der Waals surface area contributed by atoms with Crippen LogP contribution in [-0.4, -0.2) is 60.9 Å². The van der Waals surface area contributed by atoms with Crippen molar-refractivity contribution in [3.63, 3.8) is 0 Å². The van der Waals surface area contributed by atoms with Gasteiger partial charge in [0.05, 0.1) is 6.10 Å². The minimum absolute atomic E-state index is 0.0437. The van der Waals surface area contributed by atoms with Crippen LogP contribution in [0.3, 0.4) is 0 Å². The molecule has 0 radical (unpaired) electrons. The van der Waals surface area contributed by atoms with Crippen LogP contribution in [0.25, 0.3) is 0 Å². The zero-order valence-corrected chi connectivity index (χ0v) is 10.8. The standard InChI is InChI=1S/C12H21NO5/c1-2-5-13(8-12(15)16)11(14)9-18-10-3-6-17-7-4-10/h10H,2-9H2,1H3,(H,15,16). The number of rotatable bonds is 7. The van der Waals surface area contributed by atoms with E-state index in [-0.39, 0.29) is 25.2 Å². The Labute approximate surface area is 107 Å². The fourth-order valence-corrected chi connectivity index (χ4v) is 1.85. The van der Waals surface area contributed by atoms with Gasteiger partial charge in [-0.15, -0.1) is 0 Å². The third-order valence-corrected chi connectivity index (χ3v) is 2.78. The van der Waals surface area contributed by atoms with Gasteiger partial charge in [-0.2, -0.15) is 0 Å². The lowest BCUT2D eigenvalue weighted by atomic mass is 10.1. The molecule has 6 heteroatoms. The highest BCUT2D eigenvalue weighted by Gasteiger charge is 2.19. The number of aliphatic carboxylic acids is 1. The average molecular weight is 259 g/mol. The summed E-state index contributed by atoms with van der Waals surface area (Å²) in [7, 11) is 0. The van der Waals surface area contributed by atoms with Gasteiger partial charge in [-0.3, -0.25) is 9.59 Å². The normalized spacial score (nSPS) is 16.5. The summed E-state index contributed by atoms with van der Waals surface area (Å²) in [5, 5.41) is 8.73. The molecule has 1 rings (SSSR count). The summed E-state index contributed by atoms with van der Waals surface area (Å²) in [6.07, 6.45) is 2.37. The van der Waals surface area contributed by atoms with Crippen molar-refractivity contribution in [2.75, 3.05) is 32.9 Å². The summed E-state index contributed by atoms with van der Waals surface area (Å²) in [4.78, 5) is 23.8. The molecule has 1 N–H and O–H groups in total. The maximum absolute atomic E-state index is 11.8. The first kappa shape index (κ1) is 14.9. The van der Waals surface area contributed by atoms with Crippen LogP contribution in [0.2, 0.25) is 0 Å². The lowest BCUT2D eigenvalue weighted by Gasteiger charge is -2.24. The SMILES string of the molecule is CCCN(CC(=O)O)C(=O)COC1CCOCC1. The molecule has 0 aliphatic carbocycles. The van der Waals surface area contributed by atoms with Gasteiger partial charge in [0.2, 0.25) is 5.91 Å². The summed E-state index contributed by atoms with van der Waals surface area (Å²) in [5.74, 6) is -1.26. The van der Waals surface area contributed by atoms with Crippen molar-refractivity contribution in [1.29, 1.82) is 0 Å². The molecule has 1 fully saturated rings. The maximum atomic E-state index is 11.8. The highest BCUT2D eigenvalue weighted by Crippen LogP contribution is 2.10. The number of carboxylic acids is 1. The quantitative estimate of drug-likeness (QED) is 0.720. The molecule has 0 saturated carbocycles. The second-order valence-electron chi connectivity index (χ2n) is 4.33. The fourth-order valence-electron chi connectivity index (χ4n) is 1.85. The summed E-state index contributed by atoms with van der Waals surface area (Å²) in [6.45, 7) is 3.37. The van der Waals surface area contributed by atoms with Crippen molar-refractivity contribution in [3.8, 4) is 0 Å². The van der Waals surface area contributed by atoms with E-state index in [2.05, 4.69) is 0 Å². The van der Waals surface area contributed by atoms with Crippen LogP contribution in [0.5, 0.6) is 0 Å². The number of carboxylic acid groups (broad SMARTS) is 1. The molecule has 0 bridgehead atoms. The molecule has 1 saturated heterocycles. The zero-order chi connectivity index (χ0) is 13.4. The molecule has 0 unspecified atom stereocenters. The van der Waals surface area contributed by atoms with E-state index in [4.69, 9.17) is 14.6 Å². The van der Waals surface area contributed by atoms with Gasteiger partial charge in [0.25, 0.3) is 0 Å². The molecular weight excluding hydrogens is 238 g/mol. The fraction of sp³-hybridized carbons (Fsp3) is 0.833. The van der Waals surface area contributed by atoms with Crippen molar-refractivity contribution in [2.45, 2.75) is 32.3 Å².